The highest BCUT2D eigenvalue weighted by atomic mass is 16.5. The van der Waals surface area contributed by atoms with Gasteiger partial charge in [0.05, 0.1) is 17.8 Å². The van der Waals surface area contributed by atoms with Gasteiger partial charge in [-0.1, -0.05) is 0 Å². The number of carboxylic acids is 1. The predicted molar refractivity (Wildman–Crippen MR) is 47.8 cm³/mol. The van der Waals surface area contributed by atoms with Gasteiger partial charge in [0.2, 0.25) is 0 Å². The molecule has 5 nitrogen and oxygen atoms in total. The Labute approximate surface area is 82.3 Å². The Kier molecular flexibility index (Phi) is 3.14. The van der Waals surface area contributed by atoms with Crippen LogP contribution in [0.4, 0.5) is 0 Å². The first-order chi connectivity index (χ1) is 6.30. The van der Waals surface area contributed by atoms with Gasteiger partial charge in [0.1, 0.15) is 0 Å². The molecule has 0 spiro atoms. The molecule has 1 rings (SSSR count). The molecule has 14 heavy (non-hydrogen) atoms. The largest absolute Gasteiger partial charge is 0.479 e. The molecular weight excluding hydrogens is 188 g/mol. The van der Waals surface area contributed by atoms with Gasteiger partial charge in [0.15, 0.2) is 6.10 Å². The monoisotopic (exact) mass is 204 g/mol. The van der Waals surface area contributed by atoms with Gasteiger partial charge >= 0.3 is 5.97 Å². The number of carboxylic acid groups (broad SMARTS) is 1. The zero-order valence-electron chi connectivity index (χ0n) is 8.30. The number of hydrogen-bond donors (Lipinski definition) is 3. The first-order valence-corrected chi connectivity index (χ1v) is 4.59. The van der Waals surface area contributed by atoms with E-state index < -0.39 is 29.9 Å². The summed E-state index contributed by atoms with van der Waals surface area (Å²) in [4.78, 5) is 10.7. The van der Waals surface area contributed by atoms with Crippen LogP contribution in [0.5, 0.6) is 0 Å². The van der Waals surface area contributed by atoms with E-state index in [1.54, 1.807) is 0 Å². The molecular formula is C9H16O5. The first kappa shape index (κ1) is 11.4. The van der Waals surface area contributed by atoms with Crippen molar-refractivity contribution in [3.63, 3.8) is 0 Å². The molecule has 1 aliphatic rings. The van der Waals surface area contributed by atoms with E-state index in [1.807, 2.05) is 0 Å². The maximum Gasteiger partial charge on any atom is 0.332 e. The summed E-state index contributed by atoms with van der Waals surface area (Å²) in [5, 5.41) is 27.8. The van der Waals surface area contributed by atoms with Gasteiger partial charge in [-0.15, -0.1) is 0 Å². The molecule has 1 heterocycles. The first-order valence-electron chi connectivity index (χ1n) is 4.59. The van der Waals surface area contributed by atoms with Crippen LogP contribution >= 0.6 is 0 Å². The summed E-state index contributed by atoms with van der Waals surface area (Å²) < 4.78 is 5.17. The SMILES string of the molecule is CC(C)(O)C1CC(O)CC(C(=O)O)O1. The number of aliphatic hydroxyl groups is 2. The fourth-order valence-electron chi connectivity index (χ4n) is 1.51. The van der Waals surface area contributed by atoms with Gasteiger partial charge < -0.3 is 20.1 Å². The number of hydrogen-bond acceptors (Lipinski definition) is 4. The van der Waals surface area contributed by atoms with E-state index in [0.29, 0.717) is 0 Å². The van der Waals surface area contributed by atoms with Crippen molar-refractivity contribution >= 4 is 5.97 Å². The quantitative estimate of drug-likeness (QED) is 0.577. The Morgan fingerprint density at radius 2 is 2.00 bits per heavy atom. The molecule has 0 amide bonds. The number of ether oxygens (including phenoxy) is 1. The van der Waals surface area contributed by atoms with Crippen molar-refractivity contribution < 1.29 is 24.9 Å². The van der Waals surface area contributed by atoms with Gasteiger partial charge in [-0.3, -0.25) is 0 Å². The van der Waals surface area contributed by atoms with Crippen molar-refractivity contribution in [2.45, 2.75) is 50.6 Å². The lowest BCUT2D eigenvalue weighted by Gasteiger charge is -2.37. The molecule has 3 N–H and O–H groups in total. The summed E-state index contributed by atoms with van der Waals surface area (Å²) in [6.07, 6.45) is -2.02. The molecule has 0 radical (unpaired) electrons. The van der Waals surface area contributed by atoms with Crippen molar-refractivity contribution in [2.24, 2.45) is 0 Å². The van der Waals surface area contributed by atoms with Crippen LogP contribution in [0.25, 0.3) is 0 Å². The number of aliphatic carboxylic acids is 1. The highest BCUT2D eigenvalue weighted by Crippen LogP contribution is 2.27. The van der Waals surface area contributed by atoms with Crippen LogP contribution in [0.1, 0.15) is 26.7 Å². The van der Waals surface area contributed by atoms with Crippen molar-refractivity contribution in [3.05, 3.63) is 0 Å². The van der Waals surface area contributed by atoms with Crippen LogP contribution in [0, 0.1) is 0 Å². The third-order valence-corrected chi connectivity index (χ3v) is 2.36. The van der Waals surface area contributed by atoms with Crippen LogP contribution < -0.4 is 0 Å². The van der Waals surface area contributed by atoms with Gasteiger partial charge in [-0.25, -0.2) is 4.79 Å². The fraction of sp³-hybridized carbons (Fsp3) is 0.889. The molecule has 0 saturated carbocycles. The number of aliphatic hydroxyl groups excluding tert-OH is 1. The summed E-state index contributed by atoms with van der Waals surface area (Å²) in [5.74, 6) is -1.10. The molecule has 5 heteroatoms. The molecule has 82 valence electrons. The smallest absolute Gasteiger partial charge is 0.332 e. The van der Waals surface area contributed by atoms with Crippen molar-refractivity contribution in [1.82, 2.24) is 0 Å². The number of carbonyl (C=O) groups is 1. The normalized spacial score (nSPS) is 34.1. The van der Waals surface area contributed by atoms with E-state index in [0.717, 1.165) is 0 Å². The van der Waals surface area contributed by atoms with Crippen LogP contribution in [0.3, 0.4) is 0 Å². The van der Waals surface area contributed by atoms with Gasteiger partial charge in [-0.05, 0) is 13.8 Å². The zero-order chi connectivity index (χ0) is 10.9. The molecule has 1 fully saturated rings. The maximum atomic E-state index is 10.7. The second-order valence-electron chi connectivity index (χ2n) is 4.23. The minimum Gasteiger partial charge on any atom is -0.479 e. The Hall–Kier alpha value is -0.650. The van der Waals surface area contributed by atoms with E-state index in [2.05, 4.69) is 0 Å². The minimum absolute atomic E-state index is 0.0852. The van der Waals surface area contributed by atoms with E-state index in [1.165, 1.54) is 13.8 Å². The van der Waals surface area contributed by atoms with Crippen LogP contribution in [0.2, 0.25) is 0 Å². The van der Waals surface area contributed by atoms with E-state index in [-0.39, 0.29) is 12.8 Å². The fourth-order valence-corrected chi connectivity index (χ4v) is 1.51. The van der Waals surface area contributed by atoms with Gasteiger partial charge in [0, 0.05) is 12.8 Å². The van der Waals surface area contributed by atoms with E-state index in [4.69, 9.17) is 9.84 Å². The van der Waals surface area contributed by atoms with Crippen LogP contribution in [-0.4, -0.2) is 45.2 Å². The summed E-state index contributed by atoms with van der Waals surface area (Å²) >= 11 is 0. The Morgan fingerprint density at radius 1 is 1.43 bits per heavy atom. The van der Waals surface area contributed by atoms with Gasteiger partial charge in [0.25, 0.3) is 0 Å². The molecule has 1 saturated heterocycles. The second kappa shape index (κ2) is 3.84. The lowest BCUT2D eigenvalue weighted by Crippen LogP contribution is -2.49. The predicted octanol–water partition coefficient (Wildman–Crippen LogP) is -0.250. The Balaban J connectivity index is 2.68. The van der Waals surface area contributed by atoms with Crippen molar-refractivity contribution in [3.8, 4) is 0 Å². The lowest BCUT2D eigenvalue weighted by molar-refractivity contribution is -0.188. The van der Waals surface area contributed by atoms with Crippen LogP contribution in [-0.2, 0) is 9.53 Å². The maximum absolute atomic E-state index is 10.7. The molecule has 0 aromatic carbocycles. The molecule has 0 aromatic rings. The lowest BCUT2D eigenvalue weighted by atomic mass is 9.91. The summed E-state index contributed by atoms with van der Waals surface area (Å²) in [5.41, 5.74) is -1.13. The van der Waals surface area contributed by atoms with E-state index >= 15 is 0 Å². The highest BCUT2D eigenvalue weighted by Gasteiger charge is 2.39. The average molecular weight is 204 g/mol. The highest BCUT2D eigenvalue weighted by molar-refractivity contribution is 5.72. The topological polar surface area (TPSA) is 87.0 Å². The molecule has 3 unspecified atom stereocenters. The molecule has 0 aliphatic carbocycles. The van der Waals surface area contributed by atoms with Gasteiger partial charge in [-0.2, -0.15) is 0 Å². The molecule has 0 aromatic heterocycles. The van der Waals surface area contributed by atoms with Crippen molar-refractivity contribution in [1.29, 1.82) is 0 Å². The van der Waals surface area contributed by atoms with E-state index in [9.17, 15) is 15.0 Å². The zero-order valence-corrected chi connectivity index (χ0v) is 8.30. The minimum atomic E-state index is -1.13. The van der Waals surface area contributed by atoms with Crippen molar-refractivity contribution in [2.75, 3.05) is 0 Å². The van der Waals surface area contributed by atoms with Crippen LogP contribution in [0.15, 0.2) is 0 Å². The standard InChI is InChI=1S/C9H16O5/c1-9(2,13)7-4-5(10)3-6(14-7)8(11)12/h5-7,10,13H,3-4H2,1-2H3,(H,11,12). The molecule has 3 atom stereocenters. The Bertz CT molecular complexity index is 220. The third kappa shape index (κ3) is 2.67. The molecule has 0 bridgehead atoms. The second-order valence-corrected chi connectivity index (χ2v) is 4.23. The number of rotatable bonds is 2. The molecule has 1 aliphatic heterocycles. The average Bonchev–Trinajstić information content (AvgIpc) is 2.01. The Morgan fingerprint density at radius 3 is 2.43 bits per heavy atom. The summed E-state index contributed by atoms with van der Waals surface area (Å²) in [7, 11) is 0. The summed E-state index contributed by atoms with van der Waals surface area (Å²) in [6.45, 7) is 3.07. The third-order valence-electron chi connectivity index (χ3n) is 2.36. The summed E-state index contributed by atoms with van der Waals surface area (Å²) in [6, 6.07) is 0.